The Labute approximate surface area is 190 Å². The first-order chi connectivity index (χ1) is 14.7. The number of carbonyl (C=O) groups is 2. The van der Waals surface area contributed by atoms with E-state index in [2.05, 4.69) is 39.3 Å². The molecule has 2 atom stereocenters. The molecule has 2 aromatic rings. The smallest absolute Gasteiger partial charge is 0.303 e. The van der Waals surface area contributed by atoms with E-state index >= 15 is 0 Å². The van der Waals surface area contributed by atoms with Gasteiger partial charge in [-0.25, -0.2) is 4.98 Å². The maximum Gasteiger partial charge on any atom is 0.303 e. The maximum atomic E-state index is 13.4. The van der Waals surface area contributed by atoms with Crippen LogP contribution < -0.4 is 11.0 Å². The van der Waals surface area contributed by atoms with Gasteiger partial charge in [-0.3, -0.25) is 19.8 Å². The average molecular weight is 462 g/mol. The van der Waals surface area contributed by atoms with Gasteiger partial charge in [-0.15, -0.1) is 0 Å². The molecular formula is C23H35N3O5Si. The van der Waals surface area contributed by atoms with Crippen molar-refractivity contribution in [3.8, 4) is 0 Å². The van der Waals surface area contributed by atoms with Gasteiger partial charge in [0.2, 0.25) is 0 Å². The predicted molar refractivity (Wildman–Crippen MR) is 127 cm³/mol. The molecule has 0 unspecified atom stereocenters. The molecule has 1 N–H and O–H groups in total. The van der Waals surface area contributed by atoms with Gasteiger partial charge in [-0.1, -0.05) is 46.8 Å². The molecule has 1 amide bonds. The molecule has 8 nitrogen and oxygen atoms in total. The summed E-state index contributed by atoms with van der Waals surface area (Å²) in [5.41, 5.74) is 2.70. The molecule has 1 heterocycles. The number of rotatable bonds is 7. The standard InChI is InChI=1S/C23H35N3O5Si/c1-14(2)19(31-32(8,9)23(5,6)7)20-24-18-13-11-10-12-17(18)22(29)26(20)25-21(28)15(3)30-16(4)27/h10-15,19H,1-9H3,(H,25,28)/t15-,19-/m0/s1. The van der Waals surface area contributed by atoms with Crippen molar-refractivity contribution >= 4 is 31.1 Å². The van der Waals surface area contributed by atoms with Crippen molar-refractivity contribution in [2.24, 2.45) is 5.92 Å². The Morgan fingerprint density at radius 2 is 1.72 bits per heavy atom. The van der Waals surface area contributed by atoms with E-state index in [0.717, 1.165) is 4.68 Å². The fraction of sp³-hybridized carbons (Fsp3) is 0.565. The normalized spacial score (nSPS) is 14.3. The van der Waals surface area contributed by atoms with E-state index in [4.69, 9.17) is 14.1 Å². The molecule has 0 aliphatic carbocycles. The zero-order chi connectivity index (χ0) is 24.4. The van der Waals surface area contributed by atoms with Crippen molar-refractivity contribution in [1.29, 1.82) is 0 Å². The lowest BCUT2D eigenvalue weighted by molar-refractivity contribution is -0.151. The number of fused-ring (bicyclic) bond motifs is 1. The largest absolute Gasteiger partial charge is 0.453 e. The van der Waals surface area contributed by atoms with Gasteiger partial charge in [0.1, 0.15) is 6.10 Å². The van der Waals surface area contributed by atoms with Crippen LogP contribution in [0.4, 0.5) is 0 Å². The molecule has 0 bridgehead atoms. The summed E-state index contributed by atoms with van der Waals surface area (Å²) in [6.45, 7) is 17.3. The van der Waals surface area contributed by atoms with Crippen molar-refractivity contribution in [2.45, 2.75) is 78.8 Å². The Morgan fingerprint density at radius 3 is 2.25 bits per heavy atom. The van der Waals surface area contributed by atoms with Crippen LogP contribution in [0.3, 0.4) is 0 Å². The van der Waals surface area contributed by atoms with E-state index in [1.54, 1.807) is 18.2 Å². The molecule has 1 aromatic heterocycles. The Kier molecular flexibility index (Phi) is 7.67. The zero-order valence-electron chi connectivity index (χ0n) is 20.5. The van der Waals surface area contributed by atoms with Gasteiger partial charge in [0, 0.05) is 6.92 Å². The molecule has 9 heteroatoms. The zero-order valence-corrected chi connectivity index (χ0v) is 21.5. The molecule has 1 aromatic carbocycles. The first kappa shape index (κ1) is 25.7. The third-order valence-electron chi connectivity index (χ3n) is 5.82. The maximum absolute atomic E-state index is 13.4. The molecule has 0 spiro atoms. The van der Waals surface area contributed by atoms with Crippen molar-refractivity contribution < 1.29 is 18.8 Å². The predicted octanol–water partition coefficient (Wildman–Crippen LogP) is 4.14. The van der Waals surface area contributed by atoms with Crippen LogP contribution in [0.2, 0.25) is 18.1 Å². The van der Waals surface area contributed by atoms with E-state index in [-0.39, 0.29) is 11.0 Å². The van der Waals surface area contributed by atoms with Crippen molar-refractivity contribution in [3.05, 3.63) is 40.4 Å². The lowest BCUT2D eigenvalue weighted by Crippen LogP contribution is -2.46. The van der Waals surface area contributed by atoms with E-state index in [1.807, 2.05) is 19.9 Å². The summed E-state index contributed by atoms with van der Waals surface area (Å²) < 4.78 is 12.8. The second-order valence-electron chi connectivity index (χ2n) is 9.90. The Bertz CT molecular complexity index is 1060. The highest BCUT2D eigenvalue weighted by atomic mass is 28.4. The second-order valence-corrected chi connectivity index (χ2v) is 14.7. The topological polar surface area (TPSA) is 99.5 Å². The highest BCUT2D eigenvalue weighted by Crippen LogP contribution is 2.41. The summed E-state index contributed by atoms with van der Waals surface area (Å²) in [5, 5.41) is 0.307. The van der Waals surface area contributed by atoms with E-state index in [9.17, 15) is 14.4 Å². The van der Waals surface area contributed by atoms with E-state index < -0.39 is 38.0 Å². The fourth-order valence-electron chi connectivity index (χ4n) is 2.93. The summed E-state index contributed by atoms with van der Waals surface area (Å²) in [6, 6.07) is 6.97. The van der Waals surface area contributed by atoms with Gasteiger partial charge in [-0.05, 0) is 43.1 Å². The second kappa shape index (κ2) is 9.54. The number of aromatic nitrogens is 2. The van der Waals surface area contributed by atoms with Gasteiger partial charge in [0.15, 0.2) is 20.2 Å². The van der Waals surface area contributed by atoms with Gasteiger partial charge in [-0.2, -0.15) is 4.68 Å². The number of hydrogen-bond donors (Lipinski definition) is 1. The number of para-hydroxylation sites is 1. The minimum Gasteiger partial charge on any atom is -0.453 e. The Balaban J connectivity index is 2.66. The number of hydrogen-bond acceptors (Lipinski definition) is 6. The first-order valence-electron chi connectivity index (χ1n) is 10.8. The van der Waals surface area contributed by atoms with Gasteiger partial charge in [0.05, 0.1) is 10.9 Å². The summed E-state index contributed by atoms with van der Waals surface area (Å²) in [5.74, 6) is -0.920. The quantitative estimate of drug-likeness (QED) is 0.491. The summed E-state index contributed by atoms with van der Waals surface area (Å²) in [4.78, 5) is 42.1. The average Bonchev–Trinajstić information content (AvgIpc) is 2.66. The van der Waals surface area contributed by atoms with E-state index in [0.29, 0.717) is 16.7 Å². The van der Waals surface area contributed by atoms with Crippen LogP contribution in [-0.4, -0.2) is 36.0 Å². The molecule has 2 rings (SSSR count). The van der Waals surface area contributed by atoms with Crippen LogP contribution in [0.5, 0.6) is 0 Å². The minimum atomic E-state index is -2.24. The highest BCUT2D eigenvalue weighted by Gasteiger charge is 2.41. The molecule has 176 valence electrons. The molecule has 0 aliphatic rings. The number of nitrogens with zero attached hydrogens (tertiary/aromatic N) is 2. The monoisotopic (exact) mass is 461 g/mol. The van der Waals surface area contributed by atoms with E-state index in [1.165, 1.54) is 13.8 Å². The van der Waals surface area contributed by atoms with Gasteiger partial charge < -0.3 is 9.16 Å². The number of carbonyl (C=O) groups excluding carboxylic acids is 2. The first-order valence-corrected chi connectivity index (χ1v) is 13.7. The molecule has 0 radical (unpaired) electrons. The van der Waals surface area contributed by atoms with Crippen LogP contribution in [0.1, 0.15) is 60.4 Å². The molecular weight excluding hydrogens is 426 g/mol. The molecule has 0 saturated carbocycles. The van der Waals surface area contributed by atoms with Crippen LogP contribution in [0.25, 0.3) is 10.9 Å². The van der Waals surface area contributed by atoms with Crippen molar-refractivity contribution in [2.75, 3.05) is 5.43 Å². The third-order valence-corrected chi connectivity index (χ3v) is 10.3. The highest BCUT2D eigenvalue weighted by molar-refractivity contribution is 6.74. The Hall–Kier alpha value is -2.52. The van der Waals surface area contributed by atoms with Crippen molar-refractivity contribution in [1.82, 2.24) is 9.66 Å². The molecule has 32 heavy (non-hydrogen) atoms. The molecule has 0 fully saturated rings. The number of benzene rings is 1. The van der Waals surface area contributed by atoms with Crippen LogP contribution >= 0.6 is 0 Å². The number of ether oxygens (including phenoxy) is 1. The number of amides is 1. The van der Waals surface area contributed by atoms with Crippen molar-refractivity contribution in [3.63, 3.8) is 0 Å². The lowest BCUT2D eigenvalue weighted by Gasteiger charge is -2.40. The minimum absolute atomic E-state index is 0.0220. The molecule has 0 aliphatic heterocycles. The number of esters is 1. The lowest BCUT2D eigenvalue weighted by atomic mass is 10.1. The molecule has 0 saturated heterocycles. The van der Waals surface area contributed by atoms with Crippen LogP contribution in [0, 0.1) is 5.92 Å². The van der Waals surface area contributed by atoms with Gasteiger partial charge in [0.25, 0.3) is 11.5 Å². The SMILES string of the molecule is CC(=O)O[C@@H](C)C(=O)Nn1c([C@@H](O[Si](C)(C)C(C)(C)C)C(C)C)nc2ccccc2c1=O. The summed E-state index contributed by atoms with van der Waals surface area (Å²) in [6.07, 6.45) is -1.60. The van der Waals surface area contributed by atoms with Crippen LogP contribution in [-0.2, 0) is 18.8 Å². The third kappa shape index (κ3) is 5.63. The van der Waals surface area contributed by atoms with Gasteiger partial charge >= 0.3 is 5.97 Å². The summed E-state index contributed by atoms with van der Waals surface area (Å²) >= 11 is 0. The van der Waals surface area contributed by atoms with Crippen LogP contribution in [0.15, 0.2) is 29.1 Å². The Morgan fingerprint density at radius 1 is 1.12 bits per heavy atom. The fourth-order valence-corrected chi connectivity index (χ4v) is 4.30. The number of nitrogens with one attached hydrogen (secondary N) is 1. The summed E-state index contributed by atoms with van der Waals surface area (Å²) in [7, 11) is -2.24.